The molecule has 3 nitrogen and oxygen atoms in total. The first-order chi connectivity index (χ1) is 11.7. The second kappa shape index (κ2) is 6.49. The van der Waals surface area contributed by atoms with E-state index >= 15 is 0 Å². The minimum atomic E-state index is -0.237. The highest BCUT2D eigenvalue weighted by molar-refractivity contribution is 7.14. The lowest BCUT2D eigenvalue weighted by Gasteiger charge is -2.01. The van der Waals surface area contributed by atoms with Crippen molar-refractivity contribution in [2.45, 2.75) is 32.8 Å². The molecule has 0 fully saturated rings. The lowest BCUT2D eigenvalue weighted by Crippen LogP contribution is -2.03. The maximum atomic E-state index is 12.2. The molecule has 0 amide bonds. The second-order valence-corrected chi connectivity index (χ2v) is 7.99. The summed E-state index contributed by atoms with van der Waals surface area (Å²) < 4.78 is 5.44. The van der Waals surface area contributed by atoms with Gasteiger partial charge in [0.15, 0.2) is 0 Å². The summed E-state index contributed by atoms with van der Waals surface area (Å²) in [5.74, 6) is -0.237. The Morgan fingerprint density at radius 3 is 2.88 bits per heavy atom. The molecule has 4 rings (SSSR count). The Morgan fingerprint density at radius 1 is 1.25 bits per heavy atom. The average Bonchev–Trinajstić information content (AvgIpc) is 3.29. The monoisotopic (exact) mass is 355 g/mol. The number of rotatable bonds is 4. The maximum absolute atomic E-state index is 12.2. The van der Waals surface area contributed by atoms with E-state index < -0.39 is 0 Å². The summed E-state index contributed by atoms with van der Waals surface area (Å²) in [6.45, 7) is 2.29. The number of hydrogen-bond acceptors (Lipinski definition) is 5. The topological polar surface area (TPSA) is 39.2 Å². The van der Waals surface area contributed by atoms with Crippen molar-refractivity contribution in [3.63, 3.8) is 0 Å². The second-order valence-electron chi connectivity index (χ2n) is 6.00. The Bertz CT molecular complexity index is 856. The Morgan fingerprint density at radius 2 is 2.08 bits per heavy atom. The number of thiophene rings is 1. The summed E-state index contributed by atoms with van der Waals surface area (Å²) in [5, 5.41) is 2.91. The molecule has 2 heterocycles. The number of nitrogens with zero attached hydrogens (tertiary/aromatic N) is 1. The number of carbonyl (C=O) groups is 1. The van der Waals surface area contributed by atoms with Crippen molar-refractivity contribution in [3.8, 4) is 10.6 Å². The van der Waals surface area contributed by atoms with Gasteiger partial charge in [0.2, 0.25) is 0 Å². The fourth-order valence-electron chi connectivity index (χ4n) is 2.84. The molecule has 1 aromatic carbocycles. The van der Waals surface area contributed by atoms with Crippen molar-refractivity contribution in [1.29, 1.82) is 0 Å². The molecule has 0 spiro atoms. The van der Waals surface area contributed by atoms with Crippen LogP contribution in [-0.2, 0) is 24.2 Å². The van der Waals surface area contributed by atoms with Crippen LogP contribution in [0.1, 0.15) is 37.8 Å². The average molecular weight is 355 g/mol. The van der Waals surface area contributed by atoms with Crippen molar-refractivity contribution >= 4 is 28.6 Å². The van der Waals surface area contributed by atoms with E-state index in [1.165, 1.54) is 22.4 Å². The molecule has 0 unspecified atom stereocenters. The standard InChI is InChI=1S/C19H17NO2S2/c1-12-5-7-13(8-6-12)18-20-15(11-23-18)10-22-19(21)17-9-14-3-2-4-16(14)24-17/h5-9,11H,2-4,10H2,1H3. The highest BCUT2D eigenvalue weighted by Gasteiger charge is 2.19. The van der Waals surface area contributed by atoms with Gasteiger partial charge in [0, 0.05) is 15.8 Å². The third-order valence-electron chi connectivity index (χ3n) is 4.15. The zero-order valence-corrected chi connectivity index (χ0v) is 15.0. The van der Waals surface area contributed by atoms with Gasteiger partial charge in [-0.2, -0.15) is 0 Å². The first kappa shape index (κ1) is 15.5. The highest BCUT2D eigenvalue weighted by Crippen LogP contribution is 2.31. The fourth-order valence-corrected chi connectivity index (χ4v) is 4.80. The lowest BCUT2D eigenvalue weighted by atomic mass is 10.2. The van der Waals surface area contributed by atoms with Crippen LogP contribution in [0, 0.1) is 6.92 Å². The van der Waals surface area contributed by atoms with Crippen LogP contribution in [0.4, 0.5) is 0 Å². The van der Waals surface area contributed by atoms with Crippen molar-refractivity contribution in [2.24, 2.45) is 0 Å². The number of fused-ring (bicyclic) bond motifs is 1. The minimum absolute atomic E-state index is 0.226. The predicted octanol–water partition coefficient (Wildman–Crippen LogP) is 5.03. The number of thiazole rings is 1. The summed E-state index contributed by atoms with van der Waals surface area (Å²) in [7, 11) is 0. The molecule has 1 aliphatic carbocycles. The van der Waals surface area contributed by atoms with E-state index in [0.717, 1.165) is 29.1 Å². The molecule has 0 saturated carbocycles. The molecule has 1 aliphatic rings. The quantitative estimate of drug-likeness (QED) is 0.617. The molecule has 24 heavy (non-hydrogen) atoms. The highest BCUT2D eigenvalue weighted by atomic mass is 32.1. The lowest BCUT2D eigenvalue weighted by molar-refractivity contribution is 0.0474. The van der Waals surface area contributed by atoms with Crippen LogP contribution in [0.5, 0.6) is 0 Å². The fraction of sp³-hybridized carbons (Fsp3) is 0.263. The molecule has 0 N–H and O–H groups in total. The smallest absolute Gasteiger partial charge is 0.348 e. The number of ether oxygens (including phenoxy) is 1. The van der Waals surface area contributed by atoms with Gasteiger partial charge in [0.25, 0.3) is 0 Å². The summed E-state index contributed by atoms with van der Waals surface area (Å²) in [6.07, 6.45) is 3.39. The van der Waals surface area contributed by atoms with E-state index in [4.69, 9.17) is 4.74 Å². The molecule has 122 valence electrons. The normalized spacial score (nSPS) is 13.0. The van der Waals surface area contributed by atoms with Crippen LogP contribution in [0.25, 0.3) is 10.6 Å². The van der Waals surface area contributed by atoms with Crippen LogP contribution >= 0.6 is 22.7 Å². The number of aromatic nitrogens is 1. The molecule has 5 heteroatoms. The van der Waals surface area contributed by atoms with Crippen LogP contribution in [0.15, 0.2) is 35.7 Å². The van der Waals surface area contributed by atoms with Crippen molar-refractivity contribution in [2.75, 3.05) is 0 Å². The van der Waals surface area contributed by atoms with Crippen LogP contribution in [0.2, 0.25) is 0 Å². The maximum Gasteiger partial charge on any atom is 0.348 e. The minimum Gasteiger partial charge on any atom is -0.455 e. The number of aryl methyl sites for hydroxylation is 3. The molecule has 0 bridgehead atoms. The molecular weight excluding hydrogens is 338 g/mol. The summed E-state index contributed by atoms with van der Waals surface area (Å²) >= 11 is 3.15. The van der Waals surface area contributed by atoms with Gasteiger partial charge >= 0.3 is 5.97 Å². The van der Waals surface area contributed by atoms with Crippen LogP contribution in [-0.4, -0.2) is 11.0 Å². The van der Waals surface area contributed by atoms with Gasteiger partial charge in [0.05, 0.1) is 5.69 Å². The zero-order valence-electron chi connectivity index (χ0n) is 13.4. The number of hydrogen-bond donors (Lipinski definition) is 0. The molecular formula is C19H17NO2S2. The molecule has 2 aromatic heterocycles. The van der Waals surface area contributed by atoms with Gasteiger partial charge < -0.3 is 4.74 Å². The molecule has 3 aromatic rings. The SMILES string of the molecule is Cc1ccc(-c2nc(COC(=O)c3cc4c(s3)CCC4)cs2)cc1. The molecule has 0 saturated heterocycles. The molecule has 0 radical (unpaired) electrons. The largest absolute Gasteiger partial charge is 0.455 e. The van der Waals surface area contributed by atoms with Crippen molar-refractivity contribution < 1.29 is 9.53 Å². The van der Waals surface area contributed by atoms with E-state index in [1.807, 2.05) is 11.4 Å². The number of benzene rings is 1. The van der Waals surface area contributed by atoms with E-state index in [1.54, 1.807) is 22.7 Å². The van der Waals surface area contributed by atoms with E-state index in [0.29, 0.717) is 4.88 Å². The Balaban J connectivity index is 1.40. The van der Waals surface area contributed by atoms with Crippen LogP contribution in [0.3, 0.4) is 0 Å². The Hall–Kier alpha value is -1.98. The Kier molecular flexibility index (Phi) is 4.21. The van der Waals surface area contributed by atoms with E-state index in [9.17, 15) is 4.79 Å². The molecule has 0 aliphatic heterocycles. The van der Waals surface area contributed by atoms with Gasteiger partial charge in [-0.25, -0.2) is 9.78 Å². The molecule has 0 atom stereocenters. The third-order valence-corrected chi connectivity index (χ3v) is 6.31. The first-order valence-corrected chi connectivity index (χ1v) is 9.69. The number of esters is 1. The predicted molar refractivity (Wildman–Crippen MR) is 97.8 cm³/mol. The van der Waals surface area contributed by atoms with Gasteiger partial charge in [-0.1, -0.05) is 29.8 Å². The van der Waals surface area contributed by atoms with Gasteiger partial charge in [-0.05, 0) is 37.8 Å². The summed E-state index contributed by atoms with van der Waals surface area (Å²) in [5.41, 5.74) is 4.44. The van der Waals surface area contributed by atoms with Crippen molar-refractivity contribution in [3.05, 3.63) is 62.3 Å². The van der Waals surface area contributed by atoms with Gasteiger partial charge in [-0.15, -0.1) is 22.7 Å². The van der Waals surface area contributed by atoms with E-state index in [2.05, 4.69) is 36.2 Å². The van der Waals surface area contributed by atoms with Crippen LogP contribution < -0.4 is 0 Å². The Labute approximate surface area is 149 Å². The summed E-state index contributed by atoms with van der Waals surface area (Å²) in [4.78, 5) is 18.8. The van der Waals surface area contributed by atoms with Crippen molar-refractivity contribution in [1.82, 2.24) is 4.98 Å². The van der Waals surface area contributed by atoms with Gasteiger partial charge in [-0.3, -0.25) is 0 Å². The summed E-state index contributed by atoms with van der Waals surface area (Å²) in [6, 6.07) is 10.3. The number of carbonyl (C=O) groups excluding carboxylic acids is 1. The zero-order chi connectivity index (χ0) is 16.5. The first-order valence-electron chi connectivity index (χ1n) is 7.99. The third kappa shape index (κ3) is 3.14. The van der Waals surface area contributed by atoms with E-state index in [-0.39, 0.29) is 12.6 Å². The van der Waals surface area contributed by atoms with Gasteiger partial charge in [0.1, 0.15) is 16.5 Å².